The quantitative estimate of drug-likeness (QED) is 0.787. The normalized spacial score (nSPS) is 35.0. The molecule has 19 heavy (non-hydrogen) atoms. The van der Waals surface area contributed by atoms with Gasteiger partial charge in [0.1, 0.15) is 0 Å². The van der Waals surface area contributed by atoms with Gasteiger partial charge in [0, 0.05) is 17.8 Å². The molecular formula is C15H18F3N. The van der Waals surface area contributed by atoms with E-state index in [0.29, 0.717) is 11.8 Å². The maximum absolute atomic E-state index is 12.6. The second-order valence-electron chi connectivity index (χ2n) is 6.17. The Kier molecular flexibility index (Phi) is 2.88. The zero-order chi connectivity index (χ0) is 13.8. The van der Waals surface area contributed by atoms with Gasteiger partial charge < -0.3 is 0 Å². The molecule has 0 bridgehead atoms. The largest absolute Gasteiger partial charge is 0.392 e. The molecule has 0 saturated heterocycles. The summed E-state index contributed by atoms with van der Waals surface area (Å²) in [4.78, 5) is 4.28. The van der Waals surface area contributed by atoms with Crippen molar-refractivity contribution < 1.29 is 13.2 Å². The lowest BCUT2D eigenvalue weighted by molar-refractivity contribution is -0.151. The molecule has 0 aliphatic heterocycles. The van der Waals surface area contributed by atoms with Crippen LogP contribution in [-0.2, 0) is 0 Å². The van der Waals surface area contributed by atoms with Crippen molar-refractivity contribution in [2.45, 2.75) is 44.7 Å². The molecule has 2 aliphatic rings. The van der Waals surface area contributed by atoms with Gasteiger partial charge in [0.05, 0.1) is 5.92 Å². The van der Waals surface area contributed by atoms with Crippen molar-refractivity contribution in [2.24, 2.45) is 17.8 Å². The number of alkyl halides is 3. The van der Waals surface area contributed by atoms with Gasteiger partial charge >= 0.3 is 6.18 Å². The second-order valence-corrected chi connectivity index (χ2v) is 6.17. The van der Waals surface area contributed by atoms with Crippen LogP contribution in [0.1, 0.15) is 49.8 Å². The van der Waals surface area contributed by atoms with Crippen LogP contribution in [0.25, 0.3) is 0 Å². The van der Waals surface area contributed by atoms with Crippen molar-refractivity contribution in [1.29, 1.82) is 0 Å². The molecule has 5 atom stereocenters. The van der Waals surface area contributed by atoms with Gasteiger partial charge in [0.15, 0.2) is 0 Å². The molecule has 0 amide bonds. The molecule has 4 heteroatoms. The predicted molar refractivity (Wildman–Crippen MR) is 66.8 cm³/mol. The SMILES string of the molecule is CC(c1cc([C@@H]2C[C@H]2C)ccn1)[C@@H]1C[C@H]1C(F)(F)F. The average molecular weight is 269 g/mol. The molecule has 104 valence electrons. The highest BCUT2D eigenvalue weighted by atomic mass is 19.4. The Balaban J connectivity index is 1.73. The van der Waals surface area contributed by atoms with Crippen LogP contribution in [0.3, 0.4) is 0 Å². The van der Waals surface area contributed by atoms with E-state index in [1.807, 2.05) is 19.1 Å². The topological polar surface area (TPSA) is 12.9 Å². The maximum Gasteiger partial charge on any atom is 0.392 e. The Bertz CT molecular complexity index is 483. The van der Waals surface area contributed by atoms with Gasteiger partial charge in [-0.1, -0.05) is 13.8 Å². The Morgan fingerprint density at radius 2 is 2.00 bits per heavy atom. The fraction of sp³-hybridized carbons (Fsp3) is 0.667. The summed E-state index contributed by atoms with van der Waals surface area (Å²) in [6.07, 6.45) is -0.846. The average Bonchev–Trinajstić information content (AvgIpc) is 3.21. The van der Waals surface area contributed by atoms with Crippen LogP contribution < -0.4 is 0 Å². The summed E-state index contributed by atoms with van der Waals surface area (Å²) in [5.41, 5.74) is 2.07. The lowest BCUT2D eigenvalue weighted by atomic mass is 9.97. The standard InChI is InChI=1S/C15H18F3N/c1-8-5-11(8)10-3-4-19-14(6-10)9(2)12-7-13(12)15(16,17)18/h3-4,6,8-9,11-13H,5,7H2,1-2H3/t8-,9?,11-,12+,13-/m1/s1. The molecule has 2 fully saturated rings. The number of hydrogen-bond donors (Lipinski definition) is 0. The van der Waals surface area contributed by atoms with E-state index in [4.69, 9.17) is 0 Å². The van der Waals surface area contributed by atoms with Crippen LogP contribution in [0.2, 0.25) is 0 Å². The van der Waals surface area contributed by atoms with Crippen LogP contribution in [0.15, 0.2) is 18.3 Å². The summed E-state index contributed by atoms with van der Waals surface area (Å²) < 4.78 is 37.8. The van der Waals surface area contributed by atoms with Crippen LogP contribution in [0, 0.1) is 17.8 Å². The molecule has 1 aromatic rings. The van der Waals surface area contributed by atoms with Crippen LogP contribution >= 0.6 is 0 Å². The van der Waals surface area contributed by atoms with Crippen molar-refractivity contribution in [1.82, 2.24) is 4.98 Å². The molecule has 2 aliphatic carbocycles. The fourth-order valence-electron chi connectivity index (χ4n) is 3.09. The third-order valence-electron chi connectivity index (χ3n) is 4.71. The molecule has 2 saturated carbocycles. The number of hydrogen-bond acceptors (Lipinski definition) is 1. The van der Waals surface area contributed by atoms with Crippen LogP contribution in [-0.4, -0.2) is 11.2 Å². The zero-order valence-electron chi connectivity index (χ0n) is 11.1. The summed E-state index contributed by atoms with van der Waals surface area (Å²) in [6, 6.07) is 4.02. The highest BCUT2D eigenvalue weighted by Crippen LogP contribution is 2.56. The van der Waals surface area contributed by atoms with Crippen molar-refractivity contribution in [3.05, 3.63) is 29.6 Å². The Labute approximate surface area is 111 Å². The zero-order valence-corrected chi connectivity index (χ0v) is 11.1. The molecular weight excluding hydrogens is 251 g/mol. The molecule has 1 unspecified atom stereocenters. The van der Waals surface area contributed by atoms with E-state index >= 15 is 0 Å². The van der Waals surface area contributed by atoms with Crippen molar-refractivity contribution in [3.8, 4) is 0 Å². The van der Waals surface area contributed by atoms with Gasteiger partial charge in [0.2, 0.25) is 0 Å². The van der Waals surface area contributed by atoms with Gasteiger partial charge in [-0.05, 0) is 48.3 Å². The Hall–Kier alpha value is -1.06. The first kappa shape index (κ1) is 12.9. The third-order valence-corrected chi connectivity index (χ3v) is 4.71. The minimum absolute atomic E-state index is 0.0966. The summed E-state index contributed by atoms with van der Waals surface area (Å²) >= 11 is 0. The Morgan fingerprint density at radius 1 is 1.32 bits per heavy atom. The molecule has 1 heterocycles. The smallest absolute Gasteiger partial charge is 0.261 e. The first-order valence-electron chi connectivity index (χ1n) is 6.90. The fourth-order valence-corrected chi connectivity index (χ4v) is 3.09. The first-order valence-corrected chi connectivity index (χ1v) is 6.90. The van der Waals surface area contributed by atoms with Crippen molar-refractivity contribution >= 4 is 0 Å². The lowest BCUT2D eigenvalue weighted by Crippen LogP contribution is -2.14. The minimum atomic E-state index is -4.04. The molecule has 1 nitrogen and oxygen atoms in total. The summed E-state index contributed by atoms with van der Waals surface area (Å²) in [5.74, 6) is -0.200. The number of nitrogens with zero attached hydrogens (tertiary/aromatic N) is 1. The van der Waals surface area contributed by atoms with Crippen molar-refractivity contribution in [3.63, 3.8) is 0 Å². The van der Waals surface area contributed by atoms with E-state index in [1.54, 1.807) is 6.20 Å². The number of rotatable bonds is 3. The maximum atomic E-state index is 12.6. The van der Waals surface area contributed by atoms with E-state index in [-0.39, 0.29) is 18.3 Å². The number of pyridine rings is 1. The third kappa shape index (κ3) is 2.49. The van der Waals surface area contributed by atoms with Gasteiger partial charge in [-0.2, -0.15) is 13.2 Å². The summed E-state index contributed by atoms with van der Waals surface area (Å²) in [7, 11) is 0. The summed E-state index contributed by atoms with van der Waals surface area (Å²) in [6.45, 7) is 4.08. The van der Waals surface area contributed by atoms with E-state index in [9.17, 15) is 13.2 Å². The molecule has 0 radical (unpaired) electrons. The highest BCUT2D eigenvalue weighted by molar-refractivity contribution is 5.28. The summed E-state index contributed by atoms with van der Waals surface area (Å²) in [5, 5.41) is 0. The van der Waals surface area contributed by atoms with Gasteiger partial charge in [-0.3, -0.25) is 4.98 Å². The van der Waals surface area contributed by atoms with E-state index in [1.165, 1.54) is 12.0 Å². The number of halogens is 3. The van der Waals surface area contributed by atoms with E-state index < -0.39 is 12.1 Å². The second kappa shape index (κ2) is 4.22. The van der Waals surface area contributed by atoms with Crippen molar-refractivity contribution in [2.75, 3.05) is 0 Å². The van der Waals surface area contributed by atoms with Gasteiger partial charge in [-0.15, -0.1) is 0 Å². The van der Waals surface area contributed by atoms with E-state index in [0.717, 1.165) is 5.69 Å². The van der Waals surface area contributed by atoms with Crippen LogP contribution in [0.4, 0.5) is 13.2 Å². The highest BCUT2D eigenvalue weighted by Gasteiger charge is 2.57. The molecule has 0 spiro atoms. The molecule has 0 aromatic carbocycles. The number of aromatic nitrogens is 1. The molecule has 3 rings (SSSR count). The lowest BCUT2D eigenvalue weighted by Gasteiger charge is -2.13. The first-order chi connectivity index (χ1) is 8.88. The Morgan fingerprint density at radius 3 is 2.53 bits per heavy atom. The van der Waals surface area contributed by atoms with Crippen LogP contribution in [0.5, 0.6) is 0 Å². The minimum Gasteiger partial charge on any atom is -0.261 e. The molecule has 0 N–H and O–H groups in total. The predicted octanol–water partition coefficient (Wildman–Crippen LogP) is 4.51. The van der Waals surface area contributed by atoms with E-state index in [2.05, 4.69) is 11.9 Å². The van der Waals surface area contributed by atoms with Gasteiger partial charge in [0.25, 0.3) is 0 Å². The van der Waals surface area contributed by atoms with Gasteiger partial charge in [-0.25, -0.2) is 0 Å². The monoisotopic (exact) mass is 269 g/mol. The molecule has 1 aromatic heterocycles.